The number of amides is 1. The molecule has 0 aliphatic carbocycles. The van der Waals surface area contributed by atoms with Crippen LogP contribution in [0.5, 0.6) is 0 Å². The minimum Gasteiger partial charge on any atom is -0.310 e. The highest BCUT2D eigenvalue weighted by molar-refractivity contribution is 7.13. The van der Waals surface area contributed by atoms with E-state index in [0.29, 0.717) is 17.2 Å². The minimum atomic E-state index is -0.278. The number of thiazole rings is 1. The van der Waals surface area contributed by atoms with Crippen LogP contribution >= 0.6 is 11.3 Å². The molecule has 0 atom stereocenters. The summed E-state index contributed by atoms with van der Waals surface area (Å²) in [6.07, 6.45) is 3.22. The number of nitrogens with zero attached hydrogens (tertiary/aromatic N) is 2. The van der Waals surface area contributed by atoms with E-state index in [2.05, 4.69) is 16.4 Å². The zero-order chi connectivity index (χ0) is 17.1. The number of carbonyl (C=O) groups excluding carboxylic acids is 1. The Bertz CT molecular complexity index is 930. The van der Waals surface area contributed by atoms with Crippen LogP contribution in [0.25, 0.3) is 0 Å². The van der Waals surface area contributed by atoms with Crippen LogP contribution in [0, 0.1) is 13.8 Å². The topological polar surface area (TPSA) is 64.0 Å². The third-order valence-electron chi connectivity index (χ3n) is 3.74. The van der Waals surface area contributed by atoms with Crippen molar-refractivity contribution in [2.24, 2.45) is 0 Å². The van der Waals surface area contributed by atoms with Crippen LogP contribution in [-0.2, 0) is 6.54 Å². The number of hydrogen-bond acceptors (Lipinski definition) is 4. The van der Waals surface area contributed by atoms with E-state index in [1.54, 1.807) is 22.3 Å². The van der Waals surface area contributed by atoms with Crippen molar-refractivity contribution in [1.29, 1.82) is 0 Å². The largest absolute Gasteiger partial charge is 0.310 e. The fourth-order valence-electron chi connectivity index (χ4n) is 2.40. The van der Waals surface area contributed by atoms with Crippen LogP contribution in [0.1, 0.15) is 27.0 Å². The van der Waals surface area contributed by atoms with Gasteiger partial charge in [0.05, 0.1) is 12.1 Å². The number of anilines is 1. The summed E-state index contributed by atoms with van der Waals surface area (Å²) in [4.78, 5) is 28.5. The van der Waals surface area contributed by atoms with E-state index in [1.165, 1.54) is 23.5 Å². The number of aryl methyl sites for hydroxylation is 2. The second-order valence-electron chi connectivity index (χ2n) is 5.61. The van der Waals surface area contributed by atoms with Gasteiger partial charge in [-0.15, -0.1) is 11.3 Å². The van der Waals surface area contributed by atoms with Gasteiger partial charge in [0, 0.05) is 23.8 Å². The van der Waals surface area contributed by atoms with Crippen molar-refractivity contribution in [2.75, 3.05) is 5.32 Å². The Morgan fingerprint density at radius 3 is 2.83 bits per heavy atom. The molecule has 0 bridgehead atoms. The van der Waals surface area contributed by atoms with Gasteiger partial charge in [-0.25, -0.2) is 4.98 Å². The molecule has 0 unspecified atom stereocenters. The van der Waals surface area contributed by atoms with Gasteiger partial charge in [-0.05, 0) is 31.0 Å². The van der Waals surface area contributed by atoms with Crippen LogP contribution in [0.15, 0.2) is 52.9 Å². The van der Waals surface area contributed by atoms with Crippen LogP contribution in [0.2, 0.25) is 0 Å². The zero-order valence-corrected chi connectivity index (χ0v) is 14.3. The molecule has 1 N–H and O–H groups in total. The van der Waals surface area contributed by atoms with Crippen molar-refractivity contribution in [1.82, 2.24) is 9.55 Å². The maximum Gasteiger partial charge on any atom is 0.258 e. The van der Waals surface area contributed by atoms with E-state index < -0.39 is 0 Å². The normalized spacial score (nSPS) is 10.6. The molecule has 5 nitrogen and oxygen atoms in total. The lowest BCUT2D eigenvalue weighted by molar-refractivity contribution is 0.102. The van der Waals surface area contributed by atoms with E-state index in [-0.39, 0.29) is 11.5 Å². The van der Waals surface area contributed by atoms with Crippen molar-refractivity contribution >= 4 is 22.4 Å². The molecule has 3 aromatic rings. The highest BCUT2D eigenvalue weighted by atomic mass is 32.1. The molecule has 2 heterocycles. The molecule has 0 saturated heterocycles. The Hall–Kier alpha value is -2.73. The quantitative estimate of drug-likeness (QED) is 0.794. The molecule has 0 aliphatic rings. The molecule has 0 saturated carbocycles. The van der Waals surface area contributed by atoms with Crippen LogP contribution in [0.4, 0.5) is 5.13 Å². The fraction of sp³-hybridized carbons (Fsp3) is 0.167. The van der Waals surface area contributed by atoms with Crippen molar-refractivity contribution in [2.45, 2.75) is 20.4 Å². The van der Waals surface area contributed by atoms with Gasteiger partial charge in [0.2, 0.25) is 0 Å². The monoisotopic (exact) mass is 339 g/mol. The standard InChI is InChI=1S/C18H17N3O2S/c1-12-3-4-13(2)15(9-12)11-21-10-14(5-6-16(21)22)17(23)20-18-19-7-8-24-18/h3-10H,11H2,1-2H3,(H,19,20,23). The van der Waals surface area contributed by atoms with E-state index in [9.17, 15) is 9.59 Å². The summed E-state index contributed by atoms with van der Waals surface area (Å²) >= 11 is 1.35. The predicted octanol–water partition coefficient (Wildman–Crippen LogP) is 3.22. The number of nitrogens with one attached hydrogen (secondary N) is 1. The molecular formula is C18H17N3O2S. The maximum absolute atomic E-state index is 12.3. The molecule has 1 amide bonds. The van der Waals surface area contributed by atoms with Crippen molar-refractivity contribution in [3.8, 4) is 0 Å². The van der Waals surface area contributed by atoms with Gasteiger partial charge >= 0.3 is 0 Å². The van der Waals surface area contributed by atoms with E-state index >= 15 is 0 Å². The molecule has 1 aromatic carbocycles. The number of aromatic nitrogens is 2. The summed E-state index contributed by atoms with van der Waals surface area (Å²) in [6, 6.07) is 9.09. The lowest BCUT2D eigenvalue weighted by Crippen LogP contribution is -2.22. The summed E-state index contributed by atoms with van der Waals surface area (Å²) in [5.74, 6) is -0.278. The van der Waals surface area contributed by atoms with Crippen LogP contribution in [-0.4, -0.2) is 15.5 Å². The summed E-state index contributed by atoms with van der Waals surface area (Å²) < 4.78 is 1.55. The third kappa shape index (κ3) is 3.60. The average molecular weight is 339 g/mol. The van der Waals surface area contributed by atoms with Crippen molar-refractivity contribution in [3.63, 3.8) is 0 Å². The highest BCUT2D eigenvalue weighted by Crippen LogP contribution is 2.14. The van der Waals surface area contributed by atoms with Gasteiger partial charge in [0.15, 0.2) is 5.13 Å². The number of benzene rings is 1. The number of carbonyl (C=O) groups is 1. The van der Waals surface area contributed by atoms with Crippen LogP contribution < -0.4 is 10.9 Å². The predicted molar refractivity (Wildman–Crippen MR) is 95.8 cm³/mol. The van der Waals surface area contributed by atoms with E-state index in [1.807, 2.05) is 26.0 Å². The van der Waals surface area contributed by atoms with Crippen molar-refractivity contribution < 1.29 is 4.79 Å². The Morgan fingerprint density at radius 2 is 2.08 bits per heavy atom. The molecule has 0 spiro atoms. The first kappa shape index (κ1) is 16.1. The van der Waals surface area contributed by atoms with Crippen molar-refractivity contribution in [3.05, 3.63) is 80.7 Å². The summed E-state index contributed by atoms with van der Waals surface area (Å²) in [5.41, 5.74) is 3.61. The van der Waals surface area contributed by atoms with Gasteiger partial charge in [-0.3, -0.25) is 14.9 Å². The lowest BCUT2D eigenvalue weighted by Gasteiger charge is -2.11. The first-order valence-corrected chi connectivity index (χ1v) is 8.38. The molecular weight excluding hydrogens is 322 g/mol. The average Bonchev–Trinajstić information content (AvgIpc) is 3.06. The third-order valence-corrected chi connectivity index (χ3v) is 4.43. The first-order chi connectivity index (χ1) is 11.5. The molecule has 0 radical (unpaired) electrons. The molecule has 24 heavy (non-hydrogen) atoms. The maximum atomic E-state index is 12.3. The Balaban J connectivity index is 1.87. The van der Waals surface area contributed by atoms with Gasteiger partial charge in [-0.1, -0.05) is 23.8 Å². The first-order valence-electron chi connectivity index (χ1n) is 7.50. The molecule has 122 valence electrons. The lowest BCUT2D eigenvalue weighted by atomic mass is 10.1. The summed E-state index contributed by atoms with van der Waals surface area (Å²) in [7, 11) is 0. The van der Waals surface area contributed by atoms with Gasteiger partial charge < -0.3 is 4.57 Å². The number of rotatable bonds is 4. The highest BCUT2D eigenvalue weighted by Gasteiger charge is 2.10. The smallest absolute Gasteiger partial charge is 0.258 e. The second-order valence-corrected chi connectivity index (χ2v) is 6.50. The molecule has 2 aromatic heterocycles. The van der Waals surface area contributed by atoms with Crippen LogP contribution in [0.3, 0.4) is 0 Å². The van der Waals surface area contributed by atoms with Gasteiger partial charge in [0.25, 0.3) is 11.5 Å². The SMILES string of the molecule is Cc1ccc(C)c(Cn2cc(C(=O)Nc3nccs3)ccc2=O)c1. The summed E-state index contributed by atoms with van der Waals surface area (Å²) in [5, 5.41) is 5.05. The Labute approximate surface area is 143 Å². The molecule has 0 fully saturated rings. The molecule has 0 aliphatic heterocycles. The Morgan fingerprint density at radius 1 is 1.25 bits per heavy atom. The minimum absolute atomic E-state index is 0.137. The Kier molecular flexibility index (Phi) is 4.57. The van der Waals surface area contributed by atoms with Gasteiger partial charge in [0.1, 0.15) is 0 Å². The van der Waals surface area contributed by atoms with Gasteiger partial charge in [-0.2, -0.15) is 0 Å². The molecule has 6 heteroatoms. The number of hydrogen-bond donors (Lipinski definition) is 1. The second kappa shape index (κ2) is 6.80. The number of pyridine rings is 1. The summed E-state index contributed by atoms with van der Waals surface area (Å²) in [6.45, 7) is 4.47. The molecule has 3 rings (SSSR count). The van der Waals surface area contributed by atoms with E-state index in [0.717, 1.165) is 16.7 Å². The fourth-order valence-corrected chi connectivity index (χ4v) is 2.92. The van der Waals surface area contributed by atoms with E-state index in [4.69, 9.17) is 0 Å². The zero-order valence-electron chi connectivity index (χ0n) is 13.4.